The van der Waals surface area contributed by atoms with Crippen LogP contribution >= 0.6 is 0 Å². The summed E-state index contributed by atoms with van der Waals surface area (Å²) in [5, 5.41) is 17.4. The molecule has 2 heterocycles. The number of hydrogen-bond donors (Lipinski definition) is 8. The van der Waals surface area contributed by atoms with Crippen LogP contribution in [0.3, 0.4) is 0 Å². The molecule has 0 atom stereocenters. The second-order valence-electron chi connectivity index (χ2n) is 10.1. The molecule has 46 heavy (non-hydrogen) atoms. The maximum atomic E-state index is 13.4. The molecular weight excluding hydrogens is 600 g/mol. The Labute approximate surface area is 257 Å². The third-order valence-corrected chi connectivity index (χ3v) is 7.03. The van der Waals surface area contributed by atoms with E-state index in [4.69, 9.17) is 22.9 Å². The van der Waals surface area contributed by atoms with Crippen molar-refractivity contribution in [2.24, 2.45) is 5.73 Å². The lowest BCUT2D eigenvalue weighted by molar-refractivity contribution is 0.0696. The fourth-order valence-corrected chi connectivity index (χ4v) is 4.67. The number of anilines is 4. The van der Waals surface area contributed by atoms with E-state index in [1.807, 2.05) is 0 Å². The Bertz CT molecular complexity index is 2150. The quantitative estimate of drug-likeness (QED) is 0.0846. The van der Waals surface area contributed by atoms with Gasteiger partial charge in [0, 0.05) is 25.2 Å². The molecule has 5 aromatic rings. The Hall–Kier alpha value is -6.78. The van der Waals surface area contributed by atoms with Crippen molar-refractivity contribution >= 4 is 52.5 Å². The minimum Gasteiger partial charge on any atom is -0.478 e. The first kappa shape index (κ1) is 30.7. The number of carbonyl (C=O) groups excluding carboxylic acids is 3. The van der Waals surface area contributed by atoms with Crippen LogP contribution in [-0.4, -0.2) is 43.2 Å². The number of fused-ring (bicyclic) bond motifs is 1. The second kappa shape index (κ2) is 12.1. The van der Waals surface area contributed by atoms with Gasteiger partial charge in [-0.3, -0.25) is 28.4 Å². The van der Waals surface area contributed by atoms with Gasteiger partial charge in [-0.1, -0.05) is 30.3 Å². The molecule has 3 aromatic carbocycles. The normalized spacial score (nSPS) is 11.0. The molecule has 2 aromatic heterocycles. The van der Waals surface area contributed by atoms with E-state index in [0.29, 0.717) is 5.56 Å². The summed E-state index contributed by atoms with van der Waals surface area (Å²) in [5.74, 6) is -3.83. The van der Waals surface area contributed by atoms with Crippen LogP contribution in [0.5, 0.6) is 0 Å². The van der Waals surface area contributed by atoms with Gasteiger partial charge in [0.15, 0.2) is 11.5 Å². The highest BCUT2D eigenvalue weighted by atomic mass is 16.4. The Morgan fingerprint density at radius 1 is 0.826 bits per heavy atom. The number of carbonyl (C=O) groups is 4. The summed E-state index contributed by atoms with van der Waals surface area (Å²) in [6.07, 6.45) is 0. The summed E-state index contributed by atoms with van der Waals surface area (Å²) in [6, 6.07) is 11.9. The standard InChI is InChI=1S/C29H26N10O7/c30-19-20(22(41)21(19)40)34-9-12-2-1-3-13(6-12)10-35-27(44)18-8-17(37-25-23(31)38-29(33)39(18)25)26(43)36-11-15-5-4-14(28(45)46)7-16(15)24(32)42/h1-8,34H,9-11,30-31H2,(H2,32,42)(H2,33,38)(H,35,44)(H,36,43)(H,45,46). The number of benzene rings is 2. The maximum absolute atomic E-state index is 13.4. The van der Waals surface area contributed by atoms with Crippen molar-refractivity contribution < 1.29 is 24.3 Å². The molecule has 234 valence electrons. The van der Waals surface area contributed by atoms with E-state index in [-0.39, 0.29) is 76.5 Å². The molecule has 0 aliphatic heterocycles. The summed E-state index contributed by atoms with van der Waals surface area (Å²) < 4.78 is 1.19. The highest BCUT2D eigenvalue weighted by Crippen LogP contribution is 2.20. The molecule has 0 saturated heterocycles. The van der Waals surface area contributed by atoms with Gasteiger partial charge in [0.25, 0.3) is 22.7 Å². The molecule has 5 rings (SSSR count). The van der Waals surface area contributed by atoms with Crippen LogP contribution in [0.1, 0.15) is 58.4 Å². The summed E-state index contributed by atoms with van der Waals surface area (Å²) >= 11 is 0. The lowest BCUT2D eigenvalue weighted by Crippen LogP contribution is -2.36. The van der Waals surface area contributed by atoms with Gasteiger partial charge < -0.3 is 44.0 Å². The number of nitrogens with zero attached hydrogens (tertiary/aromatic N) is 3. The molecule has 17 heteroatoms. The first-order valence-electron chi connectivity index (χ1n) is 13.4. The molecule has 0 aliphatic rings. The van der Waals surface area contributed by atoms with E-state index in [1.165, 1.54) is 22.6 Å². The Balaban J connectivity index is 1.33. The van der Waals surface area contributed by atoms with Gasteiger partial charge in [-0.25, -0.2) is 9.78 Å². The van der Waals surface area contributed by atoms with E-state index in [1.54, 1.807) is 24.3 Å². The van der Waals surface area contributed by atoms with Crippen molar-refractivity contribution in [1.82, 2.24) is 25.0 Å². The molecule has 3 amide bonds. The van der Waals surface area contributed by atoms with Gasteiger partial charge in [0.2, 0.25) is 11.9 Å². The van der Waals surface area contributed by atoms with Crippen LogP contribution in [0, 0.1) is 0 Å². The van der Waals surface area contributed by atoms with Crippen LogP contribution in [-0.2, 0) is 19.6 Å². The number of aromatic carboxylic acids is 1. The van der Waals surface area contributed by atoms with Gasteiger partial charge in [-0.15, -0.1) is 0 Å². The summed E-state index contributed by atoms with van der Waals surface area (Å²) in [7, 11) is 0. The highest BCUT2D eigenvalue weighted by Gasteiger charge is 2.22. The predicted molar refractivity (Wildman–Crippen MR) is 166 cm³/mol. The summed E-state index contributed by atoms with van der Waals surface area (Å²) in [4.78, 5) is 80.8. The van der Waals surface area contributed by atoms with Crippen molar-refractivity contribution in [2.75, 3.05) is 22.5 Å². The van der Waals surface area contributed by atoms with Crippen LogP contribution < -0.4 is 49.7 Å². The van der Waals surface area contributed by atoms with Gasteiger partial charge in [-0.2, -0.15) is 4.98 Å². The van der Waals surface area contributed by atoms with Crippen molar-refractivity contribution in [3.05, 3.63) is 108 Å². The number of nitrogen functional groups attached to an aromatic ring is 3. The fourth-order valence-electron chi connectivity index (χ4n) is 4.67. The molecule has 12 N–H and O–H groups in total. The van der Waals surface area contributed by atoms with Crippen LogP contribution in [0.15, 0.2) is 58.1 Å². The number of rotatable bonds is 11. The van der Waals surface area contributed by atoms with E-state index in [2.05, 4.69) is 25.9 Å². The van der Waals surface area contributed by atoms with Gasteiger partial charge >= 0.3 is 5.97 Å². The molecule has 0 bridgehead atoms. The molecular formula is C29H26N10O7. The van der Waals surface area contributed by atoms with Gasteiger partial charge in [0.1, 0.15) is 22.8 Å². The SMILES string of the molecule is NC(=O)c1cc(C(=O)O)ccc1CNC(=O)c1cc(C(=O)NCc2cccc(CNc3c(N)c(=O)c3=O)c2)n2c(N)nc(N)c2n1. The van der Waals surface area contributed by atoms with Crippen LogP contribution in [0.4, 0.5) is 23.1 Å². The Morgan fingerprint density at radius 2 is 1.52 bits per heavy atom. The fraction of sp³-hybridized carbons (Fsp3) is 0.103. The molecule has 0 radical (unpaired) electrons. The number of nitrogens with two attached hydrogens (primary N) is 4. The van der Waals surface area contributed by atoms with Crippen molar-refractivity contribution in [1.29, 1.82) is 0 Å². The van der Waals surface area contributed by atoms with Crippen molar-refractivity contribution in [3.63, 3.8) is 0 Å². The minimum absolute atomic E-state index is 0.0482. The summed E-state index contributed by atoms with van der Waals surface area (Å²) in [5.41, 5.74) is 22.5. The first-order valence-corrected chi connectivity index (χ1v) is 13.4. The minimum atomic E-state index is -1.26. The average molecular weight is 627 g/mol. The Morgan fingerprint density at radius 3 is 2.20 bits per heavy atom. The number of carboxylic acid groups (broad SMARTS) is 1. The number of primary amides is 1. The largest absolute Gasteiger partial charge is 0.478 e. The van der Waals surface area contributed by atoms with E-state index >= 15 is 0 Å². The zero-order valence-electron chi connectivity index (χ0n) is 23.8. The average Bonchev–Trinajstić information content (AvgIpc) is 3.34. The molecule has 0 spiro atoms. The topological polar surface area (TPSA) is 293 Å². The first-order chi connectivity index (χ1) is 21.8. The highest BCUT2D eigenvalue weighted by molar-refractivity contribution is 6.00. The molecule has 0 unspecified atom stereocenters. The van der Waals surface area contributed by atoms with Crippen LogP contribution in [0.2, 0.25) is 0 Å². The third-order valence-electron chi connectivity index (χ3n) is 7.03. The molecule has 0 fully saturated rings. The number of aromatic nitrogens is 3. The van der Waals surface area contributed by atoms with Crippen molar-refractivity contribution in [2.45, 2.75) is 19.6 Å². The van der Waals surface area contributed by atoms with E-state index in [0.717, 1.165) is 11.6 Å². The van der Waals surface area contributed by atoms with Gasteiger partial charge in [-0.05, 0) is 34.9 Å². The second-order valence-corrected chi connectivity index (χ2v) is 10.1. The predicted octanol–water partition coefficient (Wildman–Crippen LogP) is -0.659. The zero-order valence-corrected chi connectivity index (χ0v) is 23.8. The zero-order chi connectivity index (χ0) is 33.3. The molecule has 0 saturated carbocycles. The molecule has 17 nitrogen and oxygen atoms in total. The maximum Gasteiger partial charge on any atom is 0.335 e. The monoisotopic (exact) mass is 626 g/mol. The smallest absolute Gasteiger partial charge is 0.335 e. The van der Waals surface area contributed by atoms with Crippen LogP contribution in [0.25, 0.3) is 5.65 Å². The number of nitrogens with one attached hydrogen (secondary N) is 3. The number of amides is 3. The van der Waals surface area contributed by atoms with E-state index in [9.17, 15) is 33.9 Å². The Kier molecular flexibility index (Phi) is 8.05. The van der Waals surface area contributed by atoms with E-state index < -0.39 is 34.5 Å². The lowest BCUT2D eigenvalue weighted by atomic mass is 10.0. The molecule has 0 aliphatic carbocycles. The third kappa shape index (κ3) is 5.87. The lowest BCUT2D eigenvalue weighted by Gasteiger charge is -2.13. The van der Waals surface area contributed by atoms with Gasteiger partial charge in [0.05, 0.1) is 5.56 Å². The summed E-state index contributed by atoms with van der Waals surface area (Å²) in [6.45, 7) is 0.0319. The van der Waals surface area contributed by atoms with Crippen molar-refractivity contribution in [3.8, 4) is 0 Å². The number of carboxylic acids is 1. The number of imidazole rings is 1. The number of hydrogen-bond acceptors (Lipinski definition) is 12.